The summed E-state index contributed by atoms with van der Waals surface area (Å²) in [6.45, 7) is 26.6. The molecule has 1 amide bonds. The van der Waals surface area contributed by atoms with Crippen molar-refractivity contribution in [1.82, 2.24) is 9.80 Å². The van der Waals surface area contributed by atoms with Gasteiger partial charge in [-0.2, -0.15) is 0 Å². The first-order valence-corrected chi connectivity index (χ1v) is 14.9. The number of amides is 1. The van der Waals surface area contributed by atoms with Gasteiger partial charge in [0.1, 0.15) is 11.6 Å². The third kappa shape index (κ3) is 8.14. The van der Waals surface area contributed by atoms with Crippen LogP contribution < -0.4 is 0 Å². The van der Waals surface area contributed by atoms with Crippen LogP contribution in [-0.2, 0) is 4.79 Å². The van der Waals surface area contributed by atoms with Crippen LogP contribution in [-0.4, -0.2) is 53.1 Å². The highest BCUT2D eigenvalue weighted by Gasteiger charge is 2.38. The Morgan fingerprint density at radius 3 is 2.05 bits per heavy atom. The van der Waals surface area contributed by atoms with Crippen LogP contribution in [0.2, 0.25) is 0 Å². The average Bonchev–Trinajstić information content (AvgIpc) is 3.72. The molecule has 0 spiro atoms. The molecular weight excluding hydrogens is 504 g/mol. The van der Waals surface area contributed by atoms with Gasteiger partial charge in [0.2, 0.25) is 5.91 Å². The van der Waals surface area contributed by atoms with Crippen molar-refractivity contribution in [3.05, 3.63) is 64.9 Å². The van der Waals surface area contributed by atoms with Gasteiger partial charge < -0.3 is 9.80 Å². The first-order valence-electron chi connectivity index (χ1n) is 14.9. The van der Waals surface area contributed by atoms with Crippen molar-refractivity contribution in [3.63, 3.8) is 0 Å². The summed E-state index contributed by atoms with van der Waals surface area (Å²) in [5.74, 6) is -0.555. The molecule has 0 unspecified atom stereocenters. The molecule has 4 nitrogen and oxygen atoms in total. The van der Waals surface area contributed by atoms with Crippen molar-refractivity contribution in [1.29, 1.82) is 0 Å². The zero-order chi connectivity index (χ0) is 30.4. The van der Waals surface area contributed by atoms with E-state index < -0.39 is 17.0 Å². The third-order valence-corrected chi connectivity index (χ3v) is 7.59. The number of allylic oxidation sites excluding steroid dienone is 5. The van der Waals surface area contributed by atoms with E-state index in [0.29, 0.717) is 36.6 Å². The summed E-state index contributed by atoms with van der Waals surface area (Å²) in [5.41, 5.74) is 5.09. The van der Waals surface area contributed by atoms with E-state index in [4.69, 9.17) is 4.99 Å². The van der Waals surface area contributed by atoms with Crippen molar-refractivity contribution in [2.75, 3.05) is 19.6 Å². The lowest BCUT2D eigenvalue weighted by Crippen LogP contribution is -2.59. The molecule has 1 aliphatic heterocycles. The second-order valence-corrected chi connectivity index (χ2v) is 11.9. The largest absolute Gasteiger partial charge is 0.368 e. The normalized spacial score (nSPS) is 21.0. The summed E-state index contributed by atoms with van der Waals surface area (Å²) >= 11 is 0. The molecular formula is C34H51F2N3O. The molecule has 40 heavy (non-hydrogen) atoms. The lowest BCUT2D eigenvalue weighted by atomic mass is 9.88. The van der Waals surface area contributed by atoms with Gasteiger partial charge in [-0.1, -0.05) is 47.3 Å². The maximum Gasteiger partial charge on any atom is 0.228 e. The zero-order valence-corrected chi connectivity index (χ0v) is 26.5. The van der Waals surface area contributed by atoms with Gasteiger partial charge in [-0.05, 0) is 82.2 Å². The van der Waals surface area contributed by atoms with Crippen LogP contribution in [0.5, 0.6) is 0 Å². The SMILES string of the molecule is C=C(CC(=NCC)C(/C(=C\C)C1CC1)=C(\C)N1C[C@@H](C)N(C(=O)C(C)(C)C)C[C@@H]1C)c1cc(F)cc(F)c1.CC. The molecule has 2 aliphatic rings. The van der Waals surface area contributed by atoms with Crippen molar-refractivity contribution >= 4 is 17.2 Å². The molecule has 0 N–H and O–H groups in total. The summed E-state index contributed by atoms with van der Waals surface area (Å²) in [6.07, 6.45) is 4.89. The van der Waals surface area contributed by atoms with Crippen LogP contribution in [0.4, 0.5) is 8.78 Å². The van der Waals surface area contributed by atoms with Crippen LogP contribution in [0.1, 0.15) is 94.1 Å². The van der Waals surface area contributed by atoms with Crippen molar-refractivity contribution in [2.24, 2.45) is 16.3 Å². The van der Waals surface area contributed by atoms with E-state index in [0.717, 1.165) is 42.4 Å². The van der Waals surface area contributed by atoms with Gasteiger partial charge in [0.15, 0.2) is 0 Å². The predicted octanol–water partition coefficient (Wildman–Crippen LogP) is 8.45. The number of aliphatic imine (C=N–C) groups is 1. The fraction of sp³-hybridized carbons (Fsp3) is 0.588. The molecule has 3 rings (SSSR count). The van der Waals surface area contributed by atoms with E-state index in [1.807, 2.05) is 46.4 Å². The number of nitrogens with zero attached hydrogens (tertiary/aromatic N) is 3. The monoisotopic (exact) mass is 555 g/mol. The van der Waals surface area contributed by atoms with E-state index in [1.54, 1.807) is 0 Å². The quantitative estimate of drug-likeness (QED) is 0.238. The Morgan fingerprint density at radius 1 is 1.05 bits per heavy atom. The highest BCUT2D eigenvalue weighted by molar-refractivity contribution is 6.09. The molecule has 1 saturated carbocycles. The highest BCUT2D eigenvalue weighted by Crippen LogP contribution is 2.43. The van der Waals surface area contributed by atoms with Gasteiger partial charge >= 0.3 is 0 Å². The van der Waals surface area contributed by atoms with Gasteiger partial charge in [0, 0.05) is 66.6 Å². The fourth-order valence-corrected chi connectivity index (χ4v) is 5.49. The molecule has 2 atom stereocenters. The van der Waals surface area contributed by atoms with Gasteiger partial charge in [-0.25, -0.2) is 8.78 Å². The second kappa shape index (κ2) is 14.2. The summed E-state index contributed by atoms with van der Waals surface area (Å²) in [4.78, 5) is 22.5. The number of halogens is 2. The van der Waals surface area contributed by atoms with Gasteiger partial charge in [-0.3, -0.25) is 9.79 Å². The first kappa shape index (κ1) is 33.4. The molecule has 1 aromatic carbocycles. The molecule has 1 aromatic rings. The van der Waals surface area contributed by atoms with Crippen LogP contribution in [0.15, 0.2) is 52.7 Å². The number of carbonyl (C=O) groups is 1. The van der Waals surface area contributed by atoms with E-state index in [-0.39, 0.29) is 18.0 Å². The van der Waals surface area contributed by atoms with Gasteiger partial charge in [0.25, 0.3) is 0 Å². The minimum atomic E-state index is -0.611. The number of rotatable bonds is 8. The Kier molecular flexibility index (Phi) is 11.9. The van der Waals surface area contributed by atoms with E-state index in [2.05, 4.69) is 45.2 Å². The Labute approximate surface area is 241 Å². The van der Waals surface area contributed by atoms with Crippen molar-refractivity contribution in [2.45, 2.75) is 101 Å². The Morgan fingerprint density at radius 2 is 1.57 bits per heavy atom. The molecule has 0 bridgehead atoms. The fourth-order valence-electron chi connectivity index (χ4n) is 5.49. The van der Waals surface area contributed by atoms with Crippen LogP contribution in [0.3, 0.4) is 0 Å². The molecule has 222 valence electrons. The molecule has 6 heteroatoms. The first-order chi connectivity index (χ1) is 18.8. The lowest BCUT2D eigenvalue weighted by Gasteiger charge is -2.48. The second-order valence-electron chi connectivity index (χ2n) is 11.9. The van der Waals surface area contributed by atoms with Gasteiger partial charge in [-0.15, -0.1) is 0 Å². The van der Waals surface area contributed by atoms with Crippen LogP contribution in [0, 0.1) is 23.0 Å². The number of hydrogen-bond donors (Lipinski definition) is 0. The number of benzene rings is 1. The summed E-state index contributed by atoms with van der Waals surface area (Å²) in [6, 6.07) is 3.75. The van der Waals surface area contributed by atoms with Crippen molar-refractivity contribution < 1.29 is 13.6 Å². The minimum absolute atomic E-state index is 0.0703. The predicted molar refractivity (Wildman–Crippen MR) is 165 cm³/mol. The van der Waals surface area contributed by atoms with E-state index in [9.17, 15) is 13.6 Å². The summed E-state index contributed by atoms with van der Waals surface area (Å²) < 4.78 is 28.0. The standard InChI is InChI=1S/C32H45F2N3O.C2H6/c1-10-28(24-12-13-24)30(29(35-11-2)14-20(3)25-15-26(33)17-27(34)16-25)23(6)36-18-22(5)37(19-21(36)4)31(38)32(7,8)9;1-2/h10,15-17,21-22,24H,3,11-14,18-19H2,1-2,4-9H3;1-2H3/b28-10-,30-23+,35-29?;/t21-,22+;/m0./s1. The van der Waals surface area contributed by atoms with E-state index in [1.165, 1.54) is 17.7 Å². The van der Waals surface area contributed by atoms with Crippen LogP contribution in [0.25, 0.3) is 5.57 Å². The Bertz CT molecular complexity index is 1130. The average molecular weight is 556 g/mol. The Hall–Kier alpha value is -2.76. The number of piperazine rings is 1. The Balaban J connectivity index is 0.00000274. The molecule has 1 heterocycles. The smallest absolute Gasteiger partial charge is 0.228 e. The minimum Gasteiger partial charge on any atom is -0.368 e. The lowest BCUT2D eigenvalue weighted by molar-refractivity contribution is -0.145. The molecule has 2 fully saturated rings. The molecule has 0 radical (unpaired) electrons. The number of carbonyl (C=O) groups excluding carboxylic acids is 1. The van der Waals surface area contributed by atoms with Crippen LogP contribution >= 0.6 is 0 Å². The van der Waals surface area contributed by atoms with E-state index >= 15 is 0 Å². The van der Waals surface area contributed by atoms with Crippen molar-refractivity contribution in [3.8, 4) is 0 Å². The van der Waals surface area contributed by atoms with Gasteiger partial charge in [0.05, 0.1) is 0 Å². The molecule has 1 aliphatic carbocycles. The summed E-state index contributed by atoms with van der Waals surface area (Å²) in [7, 11) is 0. The molecule has 1 saturated heterocycles. The zero-order valence-electron chi connectivity index (χ0n) is 26.5. The topological polar surface area (TPSA) is 35.9 Å². The highest BCUT2D eigenvalue weighted by atomic mass is 19.1. The number of hydrogen-bond acceptors (Lipinski definition) is 3. The maximum atomic E-state index is 14.0. The maximum absolute atomic E-state index is 14.0. The summed E-state index contributed by atoms with van der Waals surface area (Å²) in [5, 5.41) is 0. The third-order valence-electron chi connectivity index (χ3n) is 7.59. The molecule has 0 aromatic heterocycles.